The molecule has 2 N–H and O–H groups in total. The zero-order valence-corrected chi connectivity index (χ0v) is 8.03. The first-order valence-corrected chi connectivity index (χ1v) is 4.20. The Morgan fingerprint density at radius 3 is 2.75 bits per heavy atom. The molecule has 0 amide bonds. The molecule has 0 bridgehead atoms. The van der Waals surface area contributed by atoms with Gasteiger partial charge in [-0.25, -0.2) is 0 Å². The Bertz CT molecular complexity index is 455. The standard InChI is InChI=1S/C9H8N2O5/c12-5-7-3-6(9(13)4-10-14)1-2-8(7)11(15)16/h1-4,12,14H,5H2. The largest absolute Gasteiger partial charge is 0.411 e. The second-order valence-electron chi connectivity index (χ2n) is 2.87. The van der Waals surface area contributed by atoms with E-state index in [9.17, 15) is 14.9 Å². The average molecular weight is 224 g/mol. The Kier molecular flexibility index (Phi) is 3.67. The summed E-state index contributed by atoms with van der Waals surface area (Å²) in [6.45, 7) is -0.548. The molecule has 7 heteroatoms. The van der Waals surface area contributed by atoms with Crippen LogP contribution < -0.4 is 0 Å². The second kappa shape index (κ2) is 4.99. The fraction of sp³-hybridized carbons (Fsp3) is 0.111. The molecular weight excluding hydrogens is 216 g/mol. The molecule has 16 heavy (non-hydrogen) atoms. The highest BCUT2D eigenvalue weighted by molar-refractivity contribution is 6.35. The summed E-state index contributed by atoms with van der Waals surface area (Å²) in [6, 6.07) is 3.52. The van der Waals surface area contributed by atoms with Crippen molar-refractivity contribution in [1.29, 1.82) is 0 Å². The smallest absolute Gasteiger partial charge is 0.274 e. The van der Waals surface area contributed by atoms with Crippen LogP contribution in [0.15, 0.2) is 23.4 Å². The van der Waals surface area contributed by atoms with Gasteiger partial charge in [0, 0.05) is 11.6 Å². The number of nitrogens with zero attached hydrogens (tertiary/aromatic N) is 2. The zero-order chi connectivity index (χ0) is 12.1. The van der Waals surface area contributed by atoms with E-state index in [0.717, 1.165) is 6.07 Å². The third-order valence-corrected chi connectivity index (χ3v) is 1.91. The molecule has 0 fully saturated rings. The van der Waals surface area contributed by atoms with Crippen molar-refractivity contribution in [3.8, 4) is 0 Å². The van der Waals surface area contributed by atoms with Gasteiger partial charge in [-0.1, -0.05) is 5.16 Å². The van der Waals surface area contributed by atoms with Crippen molar-refractivity contribution in [3.05, 3.63) is 39.4 Å². The minimum Gasteiger partial charge on any atom is -0.411 e. The summed E-state index contributed by atoms with van der Waals surface area (Å²) >= 11 is 0. The summed E-state index contributed by atoms with van der Waals surface area (Å²) in [6.07, 6.45) is 0.669. The Labute approximate surface area is 89.8 Å². The van der Waals surface area contributed by atoms with Crippen molar-refractivity contribution in [1.82, 2.24) is 0 Å². The molecule has 0 aliphatic carbocycles. The van der Waals surface area contributed by atoms with Gasteiger partial charge in [0.15, 0.2) is 0 Å². The summed E-state index contributed by atoms with van der Waals surface area (Å²) in [7, 11) is 0. The van der Waals surface area contributed by atoms with Crippen molar-refractivity contribution >= 4 is 17.7 Å². The van der Waals surface area contributed by atoms with E-state index in [4.69, 9.17) is 10.3 Å². The number of aliphatic hydroxyl groups excluding tert-OH is 1. The average Bonchev–Trinajstić information content (AvgIpc) is 2.28. The van der Waals surface area contributed by atoms with Gasteiger partial charge in [0.2, 0.25) is 5.78 Å². The molecule has 0 saturated carbocycles. The molecule has 0 spiro atoms. The molecule has 0 atom stereocenters. The molecule has 84 valence electrons. The topological polar surface area (TPSA) is 113 Å². The van der Waals surface area contributed by atoms with Crippen LogP contribution in [0.3, 0.4) is 0 Å². The number of benzene rings is 1. The van der Waals surface area contributed by atoms with Crippen LogP contribution in [-0.4, -0.2) is 27.2 Å². The van der Waals surface area contributed by atoms with E-state index in [2.05, 4.69) is 5.16 Å². The molecule has 0 aliphatic rings. The first kappa shape index (κ1) is 11.8. The molecule has 0 heterocycles. The van der Waals surface area contributed by atoms with Crippen molar-refractivity contribution in [2.75, 3.05) is 0 Å². The molecule has 1 aromatic carbocycles. The van der Waals surface area contributed by atoms with E-state index in [-0.39, 0.29) is 16.8 Å². The number of rotatable bonds is 4. The lowest BCUT2D eigenvalue weighted by Gasteiger charge is -2.01. The summed E-state index contributed by atoms with van der Waals surface area (Å²) in [5.74, 6) is -0.605. The van der Waals surface area contributed by atoms with Crippen molar-refractivity contribution < 1.29 is 20.0 Å². The van der Waals surface area contributed by atoms with E-state index in [1.165, 1.54) is 12.1 Å². The van der Waals surface area contributed by atoms with Gasteiger partial charge in [0.1, 0.15) is 6.21 Å². The number of nitro benzene ring substituents is 1. The zero-order valence-electron chi connectivity index (χ0n) is 8.03. The lowest BCUT2D eigenvalue weighted by molar-refractivity contribution is -0.385. The Hall–Kier alpha value is -2.28. The SMILES string of the molecule is O=C(C=NO)c1ccc([N+](=O)[O-])c(CO)c1. The summed E-state index contributed by atoms with van der Waals surface area (Å²) in [4.78, 5) is 21.1. The molecular formula is C9H8N2O5. The Morgan fingerprint density at radius 2 is 2.25 bits per heavy atom. The van der Waals surface area contributed by atoms with Crippen LogP contribution in [0.2, 0.25) is 0 Å². The van der Waals surface area contributed by atoms with Crippen LogP contribution in [0, 0.1) is 10.1 Å². The van der Waals surface area contributed by atoms with Gasteiger partial charge in [-0.3, -0.25) is 14.9 Å². The lowest BCUT2D eigenvalue weighted by Crippen LogP contribution is -2.03. The maximum atomic E-state index is 11.2. The number of ketones is 1. The van der Waals surface area contributed by atoms with Gasteiger partial charge in [-0.2, -0.15) is 0 Å². The van der Waals surface area contributed by atoms with Crippen molar-refractivity contribution in [2.45, 2.75) is 6.61 Å². The number of carbonyl (C=O) groups excluding carboxylic acids is 1. The molecule has 0 saturated heterocycles. The van der Waals surface area contributed by atoms with E-state index in [1.54, 1.807) is 0 Å². The van der Waals surface area contributed by atoms with Crippen LogP contribution in [0.5, 0.6) is 0 Å². The van der Waals surface area contributed by atoms with E-state index >= 15 is 0 Å². The number of aliphatic hydroxyl groups is 1. The number of Topliss-reactive ketones (excluding diaryl/α,β-unsaturated/α-hetero) is 1. The summed E-state index contributed by atoms with van der Waals surface area (Å²) in [5, 5.41) is 30.1. The number of nitro groups is 1. The monoisotopic (exact) mass is 224 g/mol. The molecule has 0 unspecified atom stereocenters. The summed E-state index contributed by atoms with van der Waals surface area (Å²) in [5.41, 5.74) is -0.130. The molecule has 7 nitrogen and oxygen atoms in total. The van der Waals surface area contributed by atoms with Gasteiger partial charge in [-0.15, -0.1) is 0 Å². The number of hydrogen-bond acceptors (Lipinski definition) is 6. The molecule has 0 radical (unpaired) electrons. The third kappa shape index (κ3) is 2.39. The van der Waals surface area contributed by atoms with E-state index in [0.29, 0.717) is 6.21 Å². The predicted molar refractivity (Wildman–Crippen MR) is 53.6 cm³/mol. The number of oxime groups is 1. The van der Waals surface area contributed by atoms with Crippen LogP contribution in [0.4, 0.5) is 5.69 Å². The first-order valence-electron chi connectivity index (χ1n) is 4.20. The summed E-state index contributed by atoms with van der Waals surface area (Å²) < 4.78 is 0. The number of carbonyl (C=O) groups is 1. The molecule has 0 aromatic heterocycles. The maximum absolute atomic E-state index is 11.2. The normalized spacial score (nSPS) is 10.6. The van der Waals surface area contributed by atoms with Crippen LogP contribution in [0.1, 0.15) is 15.9 Å². The fourth-order valence-electron chi connectivity index (χ4n) is 1.17. The van der Waals surface area contributed by atoms with Crippen LogP contribution in [-0.2, 0) is 6.61 Å². The second-order valence-corrected chi connectivity index (χ2v) is 2.87. The van der Waals surface area contributed by atoms with Gasteiger partial charge in [0.25, 0.3) is 5.69 Å². The van der Waals surface area contributed by atoms with Crippen molar-refractivity contribution in [2.24, 2.45) is 5.16 Å². The van der Waals surface area contributed by atoms with Gasteiger partial charge >= 0.3 is 0 Å². The highest BCUT2D eigenvalue weighted by atomic mass is 16.6. The minimum absolute atomic E-state index is 0.0298. The first-order chi connectivity index (χ1) is 7.60. The van der Waals surface area contributed by atoms with Crippen LogP contribution in [0.25, 0.3) is 0 Å². The van der Waals surface area contributed by atoms with Crippen molar-refractivity contribution in [3.63, 3.8) is 0 Å². The fourth-order valence-corrected chi connectivity index (χ4v) is 1.17. The van der Waals surface area contributed by atoms with Crippen LogP contribution >= 0.6 is 0 Å². The van der Waals surface area contributed by atoms with Gasteiger partial charge < -0.3 is 10.3 Å². The van der Waals surface area contributed by atoms with Gasteiger partial charge in [0.05, 0.1) is 17.1 Å². The molecule has 0 aliphatic heterocycles. The lowest BCUT2D eigenvalue weighted by atomic mass is 10.1. The Balaban J connectivity index is 3.18. The predicted octanol–water partition coefficient (Wildman–Crippen LogP) is 0.730. The molecule has 1 aromatic rings. The minimum atomic E-state index is -0.653. The highest BCUT2D eigenvalue weighted by Crippen LogP contribution is 2.19. The van der Waals surface area contributed by atoms with E-state index < -0.39 is 17.3 Å². The molecule has 1 rings (SSSR count). The third-order valence-electron chi connectivity index (χ3n) is 1.91. The Morgan fingerprint density at radius 1 is 1.56 bits per heavy atom. The van der Waals surface area contributed by atoms with Gasteiger partial charge in [-0.05, 0) is 12.1 Å². The quantitative estimate of drug-likeness (QED) is 0.257. The highest BCUT2D eigenvalue weighted by Gasteiger charge is 2.15. The number of hydrogen-bond donors (Lipinski definition) is 2. The maximum Gasteiger partial charge on any atom is 0.274 e. The van der Waals surface area contributed by atoms with E-state index in [1.807, 2.05) is 0 Å².